The highest BCUT2D eigenvalue weighted by Gasteiger charge is 2.17. The van der Waals surface area contributed by atoms with E-state index in [1.54, 1.807) is 0 Å². The number of aromatic nitrogens is 2. The van der Waals surface area contributed by atoms with E-state index in [1.165, 1.54) is 24.3 Å². The third kappa shape index (κ3) is 3.56. The first-order valence-electron chi connectivity index (χ1n) is 8.60. The second-order valence-corrected chi connectivity index (χ2v) is 6.30. The highest BCUT2D eigenvalue weighted by Crippen LogP contribution is 2.38. The number of amides is 2. The van der Waals surface area contributed by atoms with Crippen molar-refractivity contribution in [3.63, 3.8) is 0 Å². The molecular weight excluding hydrogens is 428 g/mol. The van der Waals surface area contributed by atoms with Gasteiger partial charge in [0.15, 0.2) is 11.4 Å². The number of fused-ring (bicyclic) bond motifs is 2. The van der Waals surface area contributed by atoms with E-state index in [2.05, 4.69) is 30.4 Å². The maximum Gasteiger partial charge on any atom is 0.404 e. The number of rotatable bonds is 4. The first-order chi connectivity index (χ1) is 15.2. The van der Waals surface area contributed by atoms with Crippen LogP contribution in [0.15, 0.2) is 56.9 Å². The molecule has 0 aliphatic carbocycles. The van der Waals surface area contributed by atoms with Gasteiger partial charge in [-0.1, -0.05) is 10.2 Å². The van der Waals surface area contributed by atoms with Crippen LogP contribution in [-0.2, 0) is 0 Å². The molecule has 0 saturated carbocycles. The number of urea groups is 1. The smallest absolute Gasteiger partial charge is 0.404 e. The lowest BCUT2D eigenvalue weighted by molar-refractivity contribution is -0.384. The van der Waals surface area contributed by atoms with Crippen LogP contribution in [0.4, 0.5) is 27.5 Å². The normalized spacial score (nSPS) is 11.8. The summed E-state index contributed by atoms with van der Waals surface area (Å²) in [4.78, 5) is 37.6. The van der Waals surface area contributed by atoms with Crippen LogP contribution >= 0.6 is 0 Å². The van der Waals surface area contributed by atoms with Crippen molar-refractivity contribution in [3.05, 3.63) is 56.6 Å². The third-order valence-corrected chi connectivity index (χ3v) is 4.36. The summed E-state index contributed by atoms with van der Waals surface area (Å²) in [6.07, 6.45) is 0. The molecule has 0 spiro atoms. The Morgan fingerprint density at radius 1 is 0.781 bits per heavy atom. The van der Waals surface area contributed by atoms with Crippen molar-refractivity contribution < 1.29 is 24.9 Å². The van der Waals surface area contributed by atoms with E-state index in [4.69, 9.17) is 0 Å². The summed E-state index contributed by atoms with van der Waals surface area (Å²) in [5.41, 5.74) is -0.329. The number of benzene rings is 2. The zero-order valence-electron chi connectivity index (χ0n) is 15.6. The molecule has 2 amide bonds. The maximum atomic E-state index is 12.0. The van der Waals surface area contributed by atoms with Gasteiger partial charge in [0.25, 0.3) is 11.4 Å². The lowest BCUT2D eigenvalue weighted by Crippen LogP contribution is -1.86. The van der Waals surface area contributed by atoms with Crippen LogP contribution < -0.4 is 0 Å². The van der Waals surface area contributed by atoms with Gasteiger partial charge in [0, 0.05) is 35.0 Å². The van der Waals surface area contributed by atoms with Gasteiger partial charge in [-0.05, 0) is 12.1 Å². The summed E-state index contributed by atoms with van der Waals surface area (Å²) >= 11 is 0. The van der Waals surface area contributed by atoms with Gasteiger partial charge in [-0.2, -0.15) is 0 Å². The van der Waals surface area contributed by atoms with Crippen LogP contribution in [0.3, 0.4) is 0 Å². The van der Waals surface area contributed by atoms with E-state index in [0.717, 1.165) is 12.1 Å². The molecule has 0 fully saturated rings. The molecule has 0 bridgehead atoms. The topological polar surface area (TPSA) is 225 Å². The number of nitrogens with zero attached hydrogens (tertiary/aromatic N) is 6. The zero-order valence-corrected chi connectivity index (χ0v) is 15.6. The fourth-order valence-electron chi connectivity index (χ4n) is 2.94. The van der Waals surface area contributed by atoms with Crippen molar-refractivity contribution in [2.75, 3.05) is 0 Å². The van der Waals surface area contributed by atoms with Crippen LogP contribution in [0.25, 0.3) is 21.8 Å². The number of aromatic hydroxyl groups is 2. The Labute approximate surface area is 175 Å². The van der Waals surface area contributed by atoms with E-state index in [-0.39, 0.29) is 33.5 Å². The second-order valence-electron chi connectivity index (χ2n) is 6.30. The van der Waals surface area contributed by atoms with Gasteiger partial charge >= 0.3 is 6.03 Å². The molecule has 0 unspecified atom stereocenters. The van der Waals surface area contributed by atoms with Crippen molar-refractivity contribution >= 4 is 50.6 Å². The van der Waals surface area contributed by atoms with Crippen LogP contribution in [0.5, 0.6) is 11.8 Å². The Morgan fingerprint density at radius 2 is 1.19 bits per heavy atom. The van der Waals surface area contributed by atoms with Crippen LogP contribution in [-0.4, -0.2) is 36.1 Å². The first-order valence-corrected chi connectivity index (χ1v) is 8.60. The number of nitro benzene ring substituents is 2. The molecule has 0 aliphatic rings. The molecule has 2 heterocycles. The van der Waals surface area contributed by atoms with Crippen molar-refractivity contribution in [1.82, 2.24) is 9.97 Å². The first kappa shape index (κ1) is 20.1. The molecule has 32 heavy (non-hydrogen) atoms. The number of nitrogens with one attached hydrogen (secondary N) is 2. The summed E-state index contributed by atoms with van der Waals surface area (Å²) in [7, 11) is 0. The SMILES string of the molecule is O=C(N=Nc1c(O)[nH]c2ccc([N+](=O)[O-])cc12)N=Nc1c(O)[nH]c2ccc([N+](=O)[O-])cc12. The van der Waals surface area contributed by atoms with Gasteiger partial charge < -0.3 is 20.2 Å². The molecule has 2 aromatic carbocycles. The Morgan fingerprint density at radius 3 is 1.56 bits per heavy atom. The minimum Gasteiger partial charge on any atom is -0.493 e. The van der Waals surface area contributed by atoms with Crippen LogP contribution in [0.1, 0.15) is 0 Å². The van der Waals surface area contributed by atoms with E-state index in [0.29, 0.717) is 11.0 Å². The minimum absolute atomic E-state index is 0.145. The molecular formula is C17H10N8O7. The van der Waals surface area contributed by atoms with Crippen molar-refractivity contribution in [2.45, 2.75) is 0 Å². The third-order valence-electron chi connectivity index (χ3n) is 4.36. The number of non-ortho nitro benzene ring substituents is 2. The Balaban J connectivity index is 1.63. The predicted octanol–water partition coefficient (Wildman–Crippen LogP) is 4.86. The number of carbonyl (C=O) groups is 1. The van der Waals surface area contributed by atoms with Gasteiger partial charge in [-0.25, -0.2) is 4.79 Å². The van der Waals surface area contributed by atoms with Crippen LogP contribution in [0, 0.1) is 20.2 Å². The van der Waals surface area contributed by atoms with E-state index in [9.17, 15) is 35.2 Å². The summed E-state index contributed by atoms with van der Waals surface area (Å²) in [5, 5.41) is 55.8. The summed E-state index contributed by atoms with van der Waals surface area (Å²) in [5.74, 6) is -0.953. The highest BCUT2D eigenvalue weighted by molar-refractivity contribution is 5.96. The summed E-state index contributed by atoms with van der Waals surface area (Å²) < 4.78 is 0. The average molecular weight is 438 g/mol. The average Bonchev–Trinajstić information content (AvgIpc) is 3.24. The molecule has 4 N–H and O–H groups in total. The van der Waals surface area contributed by atoms with Gasteiger partial charge in [0.05, 0.1) is 20.9 Å². The predicted molar refractivity (Wildman–Crippen MR) is 108 cm³/mol. The summed E-state index contributed by atoms with van der Waals surface area (Å²) in [6.45, 7) is 0. The lowest BCUT2D eigenvalue weighted by Gasteiger charge is -1.93. The Hall–Kier alpha value is -5.21. The molecule has 0 aliphatic heterocycles. The molecule has 0 saturated heterocycles. The fourth-order valence-corrected chi connectivity index (χ4v) is 2.94. The van der Waals surface area contributed by atoms with Gasteiger partial charge in [-0.3, -0.25) is 20.2 Å². The summed E-state index contributed by atoms with van der Waals surface area (Å²) in [6, 6.07) is 6.20. The number of carbonyl (C=O) groups excluding carboxylic acids is 1. The van der Waals surface area contributed by atoms with Gasteiger partial charge in [0.2, 0.25) is 11.8 Å². The van der Waals surface area contributed by atoms with Gasteiger partial charge in [0.1, 0.15) is 0 Å². The lowest BCUT2D eigenvalue weighted by atomic mass is 10.2. The molecule has 15 nitrogen and oxygen atoms in total. The molecule has 0 atom stereocenters. The molecule has 4 aromatic rings. The molecule has 15 heteroatoms. The van der Waals surface area contributed by atoms with Crippen molar-refractivity contribution in [2.24, 2.45) is 20.5 Å². The van der Waals surface area contributed by atoms with E-state index >= 15 is 0 Å². The monoisotopic (exact) mass is 438 g/mol. The maximum absolute atomic E-state index is 12.0. The second kappa shape index (κ2) is 7.56. The van der Waals surface area contributed by atoms with E-state index < -0.39 is 27.6 Å². The number of azo groups is 2. The zero-order chi connectivity index (χ0) is 23.0. The Bertz CT molecular complexity index is 1370. The quantitative estimate of drug-likeness (QED) is 0.196. The van der Waals surface area contributed by atoms with Crippen molar-refractivity contribution in [3.8, 4) is 11.8 Å². The minimum atomic E-state index is -1.23. The molecule has 2 aromatic heterocycles. The molecule has 4 rings (SSSR count). The number of aromatic amines is 2. The molecule has 0 radical (unpaired) electrons. The van der Waals surface area contributed by atoms with Crippen molar-refractivity contribution in [1.29, 1.82) is 0 Å². The largest absolute Gasteiger partial charge is 0.493 e. The van der Waals surface area contributed by atoms with Gasteiger partial charge in [-0.15, -0.1) is 10.2 Å². The standard InChI is InChI=1S/C17H10N8O7/c26-15-13(9-5-7(24(29)30)1-3-11(9)18-15)20-22-17(28)23-21-14-10-6-8(25(31)32)2-4-12(10)19-16(14)27/h1-6,18-19,26-27H. The number of hydrogen-bond donors (Lipinski definition) is 4. The fraction of sp³-hybridized carbons (Fsp3) is 0. The number of H-pyrrole nitrogens is 2. The highest BCUT2D eigenvalue weighted by atomic mass is 16.6. The molecule has 160 valence electrons. The number of hydrogen-bond acceptors (Lipinski definition) is 9. The van der Waals surface area contributed by atoms with E-state index in [1.807, 2.05) is 0 Å². The number of nitro groups is 2. The van der Waals surface area contributed by atoms with Crippen LogP contribution in [0.2, 0.25) is 0 Å². The Kier molecular flexibility index (Phi) is 4.74.